The van der Waals surface area contributed by atoms with E-state index < -0.39 is 0 Å². The number of fused-ring (bicyclic) bond motifs is 2. The quantitative estimate of drug-likeness (QED) is 0.771. The van der Waals surface area contributed by atoms with Crippen LogP contribution in [0, 0.1) is 18.8 Å². The molecule has 1 N–H and O–H groups in total. The lowest BCUT2D eigenvalue weighted by molar-refractivity contribution is 0.533. The average molecular weight is 363 g/mol. The van der Waals surface area contributed by atoms with Crippen molar-refractivity contribution in [2.24, 2.45) is 11.8 Å². The third-order valence-electron chi connectivity index (χ3n) is 5.91. The normalized spacial score (nSPS) is 22.2. The van der Waals surface area contributed by atoms with Gasteiger partial charge in [-0.25, -0.2) is 19.9 Å². The van der Waals surface area contributed by atoms with E-state index in [1.54, 1.807) is 12.7 Å². The lowest BCUT2D eigenvalue weighted by Crippen LogP contribution is -2.30. The van der Waals surface area contributed by atoms with Gasteiger partial charge in [0.15, 0.2) is 5.82 Å². The number of hydrogen-bond donors (Lipinski definition) is 1. The minimum absolute atomic E-state index is 0.425. The third kappa shape index (κ3) is 2.81. The van der Waals surface area contributed by atoms with Crippen molar-refractivity contribution in [1.82, 2.24) is 24.9 Å². The molecule has 140 valence electrons. The molecule has 3 aromatic heterocycles. The fourth-order valence-electron chi connectivity index (χ4n) is 4.50. The second-order valence-corrected chi connectivity index (χ2v) is 8.20. The first-order chi connectivity index (χ1) is 13.1. The topological polar surface area (TPSA) is 73.8 Å². The van der Waals surface area contributed by atoms with Crippen molar-refractivity contribution < 1.29 is 0 Å². The van der Waals surface area contributed by atoms with Gasteiger partial charge in [0.05, 0.1) is 5.52 Å². The zero-order valence-electron chi connectivity index (χ0n) is 16.1. The highest BCUT2D eigenvalue weighted by Crippen LogP contribution is 2.36. The molecule has 0 radical (unpaired) electrons. The number of hydrogen-bond acceptors (Lipinski definition) is 6. The summed E-state index contributed by atoms with van der Waals surface area (Å²) < 4.78 is 0. The molecule has 5 heterocycles. The van der Waals surface area contributed by atoms with Crippen LogP contribution in [-0.4, -0.2) is 51.1 Å². The van der Waals surface area contributed by atoms with Gasteiger partial charge in [0.25, 0.3) is 0 Å². The maximum atomic E-state index is 4.59. The molecule has 27 heavy (non-hydrogen) atoms. The Labute approximate surface area is 158 Å². The molecule has 2 atom stereocenters. The molecule has 0 saturated carbocycles. The molecule has 0 aromatic carbocycles. The molecule has 0 amide bonds. The predicted octanol–water partition coefficient (Wildman–Crippen LogP) is 2.75. The van der Waals surface area contributed by atoms with E-state index in [4.69, 9.17) is 0 Å². The lowest BCUT2D eigenvalue weighted by Gasteiger charge is -2.23. The number of aromatic nitrogens is 5. The second-order valence-electron chi connectivity index (χ2n) is 8.20. The van der Waals surface area contributed by atoms with E-state index in [1.807, 2.05) is 0 Å². The molecule has 0 bridgehead atoms. The SMILES string of the molecule is Cc1cc2ncnc(N3CC4CN(c5cc(C(C)C)ncn5)CC4C3)c2[nH]1. The molecule has 7 nitrogen and oxygen atoms in total. The largest absolute Gasteiger partial charge is 0.356 e. The second kappa shape index (κ2) is 6.18. The summed E-state index contributed by atoms with van der Waals surface area (Å²) in [5.41, 5.74) is 4.30. The van der Waals surface area contributed by atoms with E-state index in [2.05, 4.69) is 67.6 Å². The number of H-pyrrole nitrogens is 1. The molecule has 2 aliphatic rings. The zero-order valence-corrected chi connectivity index (χ0v) is 16.1. The molecule has 0 spiro atoms. The van der Waals surface area contributed by atoms with Crippen molar-refractivity contribution in [2.45, 2.75) is 26.7 Å². The van der Waals surface area contributed by atoms with Crippen molar-refractivity contribution in [3.05, 3.63) is 36.2 Å². The summed E-state index contributed by atoms with van der Waals surface area (Å²) in [5.74, 6) is 3.82. The molecule has 5 rings (SSSR count). The number of anilines is 2. The van der Waals surface area contributed by atoms with Crippen LogP contribution in [0.2, 0.25) is 0 Å². The van der Waals surface area contributed by atoms with Gasteiger partial charge >= 0.3 is 0 Å². The fourth-order valence-corrected chi connectivity index (χ4v) is 4.50. The molecule has 2 unspecified atom stereocenters. The number of nitrogens with one attached hydrogen (secondary N) is 1. The van der Waals surface area contributed by atoms with Crippen LogP contribution in [0.3, 0.4) is 0 Å². The first-order valence-electron chi connectivity index (χ1n) is 9.70. The van der Waals surface area contributed by atoms with Gasteiger partial charge in [0.2, 0.25) is 0 Å². The Morgan fingerprint density at radius 2 is 1.63 bits per heavy atom. The van der Waals surface area contributed by atoms with Crippen LogP contribution >= 0.6 is 0 Å². The maximum absolute atomic E-state index is 4.59. The molecule has 2 fully saturated rings. The Morgan fingerprint density at radius 3 is 2.37 bits per heavy atom. The van der Waals surface area contributed by atoms with E-state index in [-0.39, 0.29) is 0 Å². The first-order valence-corrected chi connectivity index (χ1v) is 9.70. The smallest absolute Gasteiger partial charge is 0.156 e. The van der Waals surface area contributed by atoms with Crippen molar-refractivity contribution in [1.29, 1.82) is 0 Å². The van der Waals surface area contributed by atoms with Gasteiger partial charge in [-0.1, -0.05) is 13.8 Å². The van der Waals surface area contributed by atoms with Gasteiger partial charge in [-0.15, -0.1) is 0 Å². The van der Waals surface area contributed by atoms with Crippen molar-refractivity contribution >= 4 is 22.7 Å². The molecular formula is C20H25N7. The number of aromatic amines is 1. The third-order valence-corrected chi connectivity index (χ3v) is 5.91. The van der Waals surface area contributed by atoms with E-state index in [9.17, 15) is 0 Å². The Bertz CT molecular complexity index is 965. The summed E-state index contributed by atoms with van der Waals surface area (Å²) in [6.07, 6.45) is 3.38. The van der Waals surface area contributed by atoms with E-state index in [0.717, 1.165) is 60.2 Å². The van der Waals surface area contributed by atoms with E-state index in [1.165, 1.54) is 0 Å². The maximum Gasteiger partial charge on any atom is 0.156 e. The Morgan fingerprint density at radius 1 is 0.926 bits per heavy atom. The zero-order chi connectivity index (χ0) is 18.5. The van der Waals surface area contributed by atoms with Gasteiger partial charge in [-0.2, -0.15) is 0 Å². The van der Waals surface area contributed by atoms with Crippen LogP contribution in [0.4, 0.5) is 11.6 Å². The summed E-state index contributed by atoms with van der Waals surface area (Å²) in [6, 6.07) is 4.24. The Kier molecular flexibility index (Phi) is 3.77. The highest BCUT2D eigenvalue weighted by atomic mass is 15.3. The predicted molar refractivity (Wildman–Crippen MR) is 106 cm³/mol. The van der Waals surface area contributed by atoms with Crippen molar-refractivity contribution in [3.8, 4) is 0 Å². The number of nitrogens with zero attached hydrogens (tertiary/aromatic N) is 6. The fraction of sp³-hybridized carbons (Fsp3) is 0.500. The van der Waals surface area contributed by atoms with Gasteiger partial charge in [0.1, 0.15) is 24.0 Å². The molecule has 0 aliphatic carbocycles. The van der Waals surface area contributed by atoms with Gasteiger partial charge in [-0.05, 0) is 18.9 Å². The summed E-state index contributed by atoms with van der Waals surface area (Å²) in [7, 11) is 0. The Balaban J connectivity index is 1.34. The highest BCUT2D eigenvalue weighted by molar-refractivity contribution is 5.86. The molecular weight excluding hydrogens is 338 g/mol. The van der Waals surface area contributed by atoms with Gasteiger partial charge in [-0.3, -0.25) is 0 Å². The summed E-state index contributed by atoms with van der Waals surface area (Å²) in [5, 5.41) is 0. The van der Waals surface area contributed by atoms with E-state index >= 15 is 0 Å². The molecule has 3 aromatic rings. The van der Waals surface area contributed by atoms with Crippen LogP contribution in [0.25, 0.3) is 11.0 Å². The minimum Gasteiger partial charge on any atom is -0.356 e. The monoisotopic (exact) mass is 363 g/mol. The van der Waals surface area contributed by atoms with E-state index in [0.29, 0.717) is 17.8 Å². The average Bonchev–Trinajstić information content (AvgIpc) is 3.32. The van der Waals surface area contributed by atoms with Crippen LogP contribution in [0.1, 0.15) is 31.2 Å². The molecule has 2 saturated heterocycles. The van der Waals surface area contributed by atoms with Crippen molar-refractivity contribution in [2.75, 3.05) is 36.0 Å². The molecule has 7 heteroatoms. The summed E-state index contributed by atoms with van der Waals surface area (Å²) in [6.45, 7) is 10.6. The lowest BCUT2D eigenvalue weighted by atomic mass is 10.0. The summed E-state index contributed by atoms with van der Waals surface area (Å²) >= 11 is 0. The Hall–Kier alpha value is -2.70. The minimum atomic E-state index is 0.425. The van der Waals surface area contributed by atoms with Crippen LogP contribution in [-0.2, 0) is 0 Å². The van der Waals surface area contributed by atoms with Crippen LogP contribution in [0.5, 0.6) is 0 Å². The molecule has 2 aliphatic heterocycles. The number of rotatable bonds is 3. The number of aryl methyl sites for hydroxylation is 1. The first kappa shape index (κ1) is 16.5. The van der Waals surface area contributed by atoms with Crippen molar-refractivity contribution in [3.63, 3.8) is 0 Å². The summed E-state index contributed by atoms with van der Waals surface area (Å²) in [4.78, 5) is 26.2. The highest BCUT2D eigenvalue weighted by Gasteiger charge is 2.41. The van der Waals surface area contributed by atoms with Crippen LogP contribution in [0.15, 0.2) is 24.8 Å². The van der Waals surface area contributed by atoms with Gasteiger partial charge in [0, 0.05) is 55.5 Å². The standard InChI is InChI=1S/C20H25N7/c1-12(2)16-5-18(23-10-21-16)26-6-14-8-27(9-15(14)7-26)20-19-17(22-11-24-20)4-13(3)25-19/h4-5,10-12,14-15,25H,6-9H2,1-3H3. The van der Waals surface area contributed by atoms with Crippen LogP contribution < -0.4 is 9.80 Å². The van der Waals surface area contributed by atoms with Gasteiger partial charge < -0.3 is 14.8 Å².